The van der Waals surface area contributed by atoms with Crippen LogP contribution in [0.2, 0.25) is 10.0 Å². The first-order valence-electron chi connectivity index (χ1n) is 9.62. The molecule has 7 nitrogen and oxygen atoms in total. The summed E-state index contributed by atoms with van der Waals surface area (Å²) in [6, 6.07) is 10.5. The minimum Gasteiger partial charge on any atom is -0.326 e. The second kappa shape index (κ2) is 11.2. The Morgan fingerprint density at radius 2 is 1.72 bits per heavy atom. The van der Waals surface area contributed by atoms with Gasteiger partial charge in [-0.05, 0) is 55.8 Å². The van der Waals surface area contributed by atoms with Gasteiger partial charge in [0.15, 0.2) is 5.16 Å². The van der Waals surface area contributed by atoms with E-state index in [9.17, 15) is 9.59 Å². The Morgan fingerprint density at radius 1 is 1.03 bits per heavy atom. The molecule has 3 rings (SSSR count). The van der Waals surface area contributed by atoms with Crippen LogP contribution in [0.5, 0.6) is 0 Å². The van der Waals surface area contributed by atoms with Gasteiger partial charge in [0.05, 0.1) is 22.2 Å². The van der Waals surface area contributed by atoms with Crippen molar-refractivity contribution in [3.63, 3.8) is 0 Å². The first-order chi connectivity index (χ1) is 15.3. The van der Waals surface area contributed by atoms with Crippen molar-refractivity contribution in [2.45, 2.75) is 32.0 Å². The van der Waals surface area contributed by atoms with Gasteiger partial charge in [-0.1, -0.05) is 50.9 Å². The molecule has 1 aromatic heterocycles. The Hall–Kier alpha value is -2.07. The van der Waals surface area contributed by atoms with Crippen LogP contribution in [-0.2, 0) is 22.6 Å². The monoisotopic (exact) mass is 555 g/mol. The van der Waals surface area contributed by atoms with Gasteiger partial charge in [0.2, 0.25) is 11.8 Å². The second-order valence-electron chi connectivity index (χ2n) is 6.80. The van der Waals surface area contributed by atoms with Crippen molar-refractivity contribution in [2.75, 3.05) is 16.4 Å². The van der Waals surface area contributed by atoms with Gasteiger partial charge < -0.3 is 15.2 Å². The molecule has 0 saturated heterocycles. The number of amides is 2. The number of benzene rings is 2. The Balaban J connectivity index is 1.58. The average Bonchev–Trinajstić information content (AvgIpc) is 3.13. The Bertz CT molecular complexity index is 1160. The van der Waals surface area contributed by atoms with Crippen LogP contribution >= 0.6 is 50.9 Å². The Labute approximate surface area is 208 Å². The molecule has 0 bridgehead atoms. The maximum absolute atomic E-state index is 12.4. The van der Waals surface area contributed by atoms with Crippen LogP contribution in [0.15, 0.2) is 46.0 Å². The molecule has 32 heavy (non-hydrogen) atoms. The van der Waals surface area contributed by atoms with Crippen LogP contribution in [0.1, 0.15) is 18.3 Å². The van der Waals surface area contributed by atoms with Gasteiger partial charge in [0.1, 0.15) is 5.82 Å². The molecule has 0 saturated carbocycles. The molecule has 0 fully saturated rings. The van der Waals surface area contributed by atoms with Crippen molar-refractivity contribution >= 4 is 74.1 Å². The molecule has 2 N–H and O–H groups in total. The van der Waals surface area contributed by atoms with Crippen molar-refractivity contribution in [2.24, 2.45) is 0 Å². The quantitative estimate of drug-likeness (QED) is 0.353. The summed E-state index contributed by atoms with van der Waals surface area (Å²) in [5, 5.41) is 15.3. The summed E-state index contributed by atoms with van der Waals surface area (Å²) < 4.78 is 2.80. The molecule has 2 aromatic carbocycles. The van der Waals surface area contributed by atoms with Crippen LogP contribution in [0.4, 0.5) is 11.4 Å². The molecule has 11 heteroatoms. The number of halogens is 3. The molecule has 0 aliphatic carbocycles. The number of thioether (sulfide) groups is 1. The number of rotatable bonds is 8. The summed E-state index contributed by atoms with van der Waals surface area (Å²) in [6.45, 7) is 4.45. The van der Waals surface area contributed by atoms with Crippen LogP contribution < -0.4 is 10.6 Å². The van der Waals surface area contributed by atoms with E-state index in [0.29, 0.717) is 33.3 Å². The predicted octanol–water partition coefficient (Wildman–Crippen LogP) is 5.59. The van der Waals surface area contributed by atoms with E-state index < -0.39 is 0 Å². The van der Waals surface area contributed by atoms with Gasteiger partial charge >= 0.3 is 0 Å². The van der Waals surface area contributed by atoms with Crippen LogP contribution in [0.3, 0.4) is 0 Å². The molecular weight excluding hydrogens is 537 g/mol. The summed E-state index contributed by atoms with van der Waals surface area (Å²) in [7, 11) is 0. The Kier molecular flexibility index (Phi) is 8.58. The molecular formula is C21H20BrCl2N5O2S. The molecule has 1 heterocycles. The zero-order chi connectivity index (χ0) is 23.3. The molecule has 0 radical (unpaired) electrons. The maximum atomic E-state index is 12.4. The molecule has 2 amide bonds. The first kappa shape index (κ1) is 24.6. The van der Waals surface area contributed by atoms with Gasteiger partial charge in [0, 0.05) is 22.4 Å². The van der Waals surface area contributed by atoms with Crippen molar-refractivity contribution in [1.29, 1.82) is 0 Å². The number of carbonyl (C=O) groups excluding carboxylic acids is 2. The van der Waals surface area contributed by atoms with Gasteiger partial charge in [-0.3, -0.25) is 9.59 Å². The Morgan fingerprint density at radius 3 is 2.41 bits per heavy atom. The topological polar surface area (TPSA) is 88.9 Å². The lowest BCUT2D eigenvalue weighted by atomic mass is 10.2. The van der Waals surface area contributed by atoms with E-state index in [-0.39, 0.29) is 24.0 Å². The number of hydrogen-bond acceptors (Lipinski definition) is 5. The summed E-state index contributed by atoms with van der Waals surface area (Å²) in [6.07, 6.45) is 0.0337. The highest BCUT2D eigenvalue weighted by molar-refractivity contribution is 9.10. The highest BCUT2D eigenvalue weighted by atomic mass is 79.9. The van der Waals surface area contributed by atoms with Crippen LogP contribution in [0.25, 0.3) is 0 Å². The van der Waals surface area contributed by atoms with Gasteiger partial charge in [-0.2, -0.15) is 0 Å². The molecule has 0 aliphatic heterocycles. The SMILES string of the molecule is CCn1c(CC(=O)Nc2ccc(Cl)c(Cl)c2)nnc1SCC(=O)Nc1ccc(Br)c(C)c1. The maximum Gasteiger partial charge on any atom is 0.234 e. The molecule has 0 unspecified atom stereocenters. The molecule has 168 valence electrons. The third-order valence-corrected chi connectivity index (χ3v) is 7.00. The highest BCUT2D eigenvalue weighted by Crippen LogP contribution is 2.25. The number of hydrogen-bond donors (Lipinski definition) is 2. The van der Waals surface area contributed by atoms with Gasteiger partial charge in [-0.25, -0.2) is 0 Å². The number of nitrogens with zero attached hydrogens (tertiary/aromatic N) is 3. The lowest BCUT2D eigenvalue weighted by Crippen LogP contribution is -2.18. The lowest BCUT2D eigenvalue weighted by molar-refractivity contribution is -0.116. The predicted molar refractivity (Wildman–Crippen MR) is 133 cm³/mol. The van der Waals surface area contributed by atoms with E-state index in [2.05, 4.69) is 36.8 Å². The zero-order valence-electron chi connectivity index (χ0n) is 17.3. The van der Waals surface area contributed by atoms with E-state index in [1.165, 1.54) is 11.8 Å². The lowest BCUT2D eigenvalue weighted by Gasteiger charge is -2.09. The van der Waals surface area contributed by atoms with Crippen LogP contribution in [-0.4, -0.2) is 32.3 Å². The fourth-order valence-electron chi connectivity index (χ4n) is 2.85. The zero-order valence-corrected chi connectivity index (χ0v) is 21.2. The average molecular weight is 557 g/mol. The minimum absolute atomic E-state index is 0.0337. The van der Waals surface area contributed by atoms with E-state index in [1.807, 2.05) is 36.6 Å². The molecule has 0 aliphatic rings. The first-order valence-corrected chi connectivity index (χ1v) is 12.2. The van der Waals surface area contributed by atoms with Crippen molar-refractivity contribution < 1.29 is 9.59 Å². The largest absolute Gasteiger partial charge is 0.326 e. The third-order valence-electron chi connectivity index (χ3n) is 4.41. The number of nitrogens with one attached hydrogen (secondary N) is 2. The molecule has 0 atom stereocenters. The molecule has 3 aromatic rings. The van der Waals surface area contributed by atoms with Crippen LogP contribution in [0, 0.1) is 6.92 Å². The summed E-state index contributed by atoms with van der Waals surface area (Å²) in [5.74, 6) is 0.270. The van der Waals surface area contributed by atoms with Crippen molar-refractivity contribution in [3.8, 4) is 0 Å². The van der Waals surface area contributed by atoms with E-state index >= 15 is 0 Å². The number of carbonyl (C=O) groups is 2. The van der Waals surface area contributed by atoms with Gasteiger partial charge in [0.25, 0.3) is 0 Å². The standard InChI is InChI=1S/C21H20BrCl2N5O2S/c1-3-29-18(10-19(30)25-14-5-7-16(23)17(24)9-14)27-28-21(29)32-11-20(31)26-13-4-6-15(22)12(2)8-13/h4-9H,3,10-11H2,1-2H3,(H,25,30)(H,26,31). The highest BCUT2D eigenvalue weighted by Gasteiger charge is 2.16. The summed E-state index contributed by atoms with van der Waals surface area (Å²) >= 11 is 16.6. The molecule has 0 spiro atoms. The fraction of sp³-hybridized carbons (Fsp3) is 0.238. The summed E-state index contributed by atoms with van der Waals surface area (Å²) in [5.41, 5.74) is 2.30. The smallest absolute Gasteiger partial charge is 0.234 e. The number of aromatic nitrogens is 3. The number of anilines is 2. The third kappa shape index (κ3) is 6.48. The van der Waals surface area contributed by atoms with Crippen molar-refractivity contribution in [1.82, 2.24) is 14.8 Å². The normalized spacial score (nSPS) is 10.8. The second-order valence-corrected chi connectivity index (χ2v) is 9.41. The van der Waals surface area contributed by atoms with Crippen molar-refractivity contribution in [3.05, 3.63) is 62.3 Å². The van der Waals surface area contributed by atoms with Gasteiger partial charge in [-0.15, -0.1) is 10.2 Å². The fourth-order valence-corrected chi connectivity index (χ4v) is 4.21. The van der Waals surface area contributed by atoms with E-state index in [0.717, 1.165) is 15.7 Å². The van der Waals surface area contributed by atoms with E-state index in [4.69, 9.17) is 23.2 Å². The summed E-state index contributed by atoms with van der Waals surface area (Å²) in [4.78, 5) is 24.8. The number of aryl methyl sites for hydroxylation is 1. The minimum atomic E-state index is -0.259. The van der Waals surface area contributed by atoms with E-state index in [1.54, 1.807) is 18.2 Å².